The van der Waals surface area contributed by atoms with Crippen LogP contribution in [0.2, 0.25) is 0 Å². The molecule has 0 aromatic carbocycles. The average molecular weight is 449 g/mol. The fourth-order valence-corrected chi connectivity index (χ4v) is 7.24. The van der Waals surface area contributed by atoms with Gasteiger partial charge in [-0.1, -0.05) is 33.0 Å². The van der Waals surface area contributed by atoms with E-state index >= 15 is 0 Å². The summed E-state index contributed by atoms with van der Waals surface area (Å²) in [4.78, 5) is 38.1. The highest BCUT2D eigenvalue weighted by Crippen LogP contribution is 2.45. The van der Waals surface area contributed by atoms with Crippen molar-refractivity contribution in [1.82, 2.24) is 20.7 Å². The molecule has 2 amide bonds. The molecule has 0 bridgehead atoms. The number of carbonyl (C=O) groups is 3. The molecule has 154 valence electrons. The van der Waals surface area contributed by atoms with Crippen LogP contribution in [0.1, 0.15) is 27.7 Å². The number of sulfone groups is 1. The molecule has 0 aromatic rings. The molecule has 2 N–H and O–H groups in total. The van der Waals surface area contributed by atoms with Gasteiger partial charge < -0.3 is 10.2 Å². The lowest BCUT2D eigenvalue weighted by atomic mass is 9.85. The topological polar surface area (TPSA) is 116 Å². The summed E-state index contributed by atoms with van der Waals surface area (Å²) >= 11 is 11.5. The summed E-state index contributed by atoms with van der Waals surface area (Å²) in [5.41, 5.74) is 1.94. The molecule has 0 radical (unpaired) electrons. The van der Waals surface area contributed by atoms with E-state index in [2.05, 4.69) is 10.7 Å². The summed E-state index contributed by atoms with van der Waals surface area (Å²) < 4.78 is 26.7. The van der Waals surface area contributed by atoms with Gasteiger partial charge in [0.1, 0.15) is 21.8 Å². The van der Waals surface area contributed by atoms with E-state index in [9.17, 15) is 22.8 Å². The maximum Gasteiger partial charge on any atom is 0.323 e. The molecule has 0 aliphatic carbocycles. The number of allylic oxidation sites excluding steroid dienone is 1. The van der Waals surface area contributed by atoms with Gasteiger partial charge in [0.05, 0.1) is 5.70 Å². The second-order valence-corrected chi connectivity index (χ2v) is 11.1. The van der Waals surface area contributed by atoms with Crippen LogP contribution in [0.3, 0.4) is 0 Å². The van der Waals surface area contributed by atoms with Crippen LogP contribution in [0.5, 0.6) is 0 Å². The lowest BCUT2D eigenvalue weighted by Crippen LogP contribution is -2.74. The normalized spacial score (nSPS) is 33.1. The van der Waals surface area contributed by atoms with Crippen LogP contribution < -0.4 is 10.7 Å². The number of nitrogens with one attached hydrogen (secondary N) is 2. The third-order valence-electron chi connectivity index (χ3n) is 5.07. The van der Waals surface area contributed by atoms with Gasteiger partial charge in [0.25, 0.3) is 0 Å². The van der Waals surface area contributed by atoms with Gasteiger partial charge >= 0.3 is 11.8 Å². The molecule has 2 unspecified atom stereocenters. The Bertz CT molecular complexity index is 939. The van der Waals surface area contributed by atoms with Crippen molar-refractivity contribution in [1.29, 1.82) is 0 Å². The van der Waals surface area contributed by atoms with Gasteiger partial charge in [-0.15, -0.1) is 11.6 Å². The van der Waals surface area contributed by atoms with Crippen LogP contribution in [0.25, 0.3) is 0 Å². The molecule has 2 saturated heterocycles. The number of Topliss-reactive ketones (excluding diaryl/α,β-unsaturated/α-hetero) is 1. The first-order chi connectivity index (χ1) is 12.7. The molecule has 9 nitrogen and oxygen atoms in total. The van der Waals surface area contributed by atoms with Crippen LogP contribution in [0.15, 0.2) is 11.3 Å². The van der Waals surface area contributed by atoms with Crippen molar-refractivity contribution in [3.63, 3.8) is 0 Å². The van der Waals surface area contributed by atoms with Crippen molar-refractivity contribution < 1.29 is 22.8 Å². The van der Waals surface area contributed by atoms with E-state index in [4.69, 9.17) is 23.8 Å². The summed E-state index contributed by atoms with van der Waals surface area (Å²) in [5.74, 6) is -2.14. The van der Waals surface area contributed by atoms with E-state index in [1.165, 1.54) is 23.9 Å². The van der Waals surface area contributed by atoms with Gasteiger partial charge in [0, 0.05) is 12.5 Å². The third-order valence-corrected chi connectivity index (χ3v) is 8.72. The van der Waals surface area contributed by atoms with Gasteiger partial charge in [0.15, 0.2) is 21.0 Å². The lowest BCUT2D eigenvalue weighted by Gasteiger charge is -2.54. The second-order valence-electron chi connectivity index (χ2n) is 8.09. The molecule has 0 saturated carbocycles. The van der Waals surface area contributed by atoms with Crippen molar-refractivity contribution >= 4 is 56.2 Å². The quantitative estimate of drug-likeness (QED) is 0.335. The number of nitrogens with zero attached hydrogens (tertiary/aromatic N) is 2. The lowest BCUT2D eigenvalue weighted by molar-refractivity contribution is -0.148. The summed E-state index contributed by atoms with van der Waals surface area (Å²) in [7, 11) is -2.56. The molecule has 12 heteroatoms. The van der Waals surface area contributed by atoms with Gasteiger partial charge in [-0.25, -0.2) is 8.42 Å². The SMILES string of the molecule is CC1=C(C(=O)C(C)(C)C)N2C(=S)[C@H](Cl)[C@H]2S(=O)(=O)C1C1NC(=O)C(=O)NN1C. The van der Waals surface area contributed by atoms with Crippen molar-refractivity contribution in [2.24, 2.45) is 5.41 Å². The fraction of sp³-hybridized carbons (Fsp3) is 0.625. The minimum absolute atomic E-state index is 0.176. The third kappa shape index (κ3) is 2.87. The Morgan fingerprint density at radius 3 is 2.32 bits per heavy atom. The highest BCUT2D eigenvalue weighted by atomic mass is 35.5. The molecule has 3 rings (SSSR count). The molecule has 28 heavy (non-hydrogen) atoms. The van der Waals surface area contributed by atoms with Crippen LogP contribution in [-0.4, -0.2) is 70.1 Å². The molecule has 3 heterocycles. The average Bonchev–Trinajstić information content (AvgIpc) is 2.56. The minimum Gasteiger partial charge on any atom is -0.329 e. The zero-order valence-electron chi connectivity index (χ0n) is 15.9. The predicted octanol–water partition coefficient (Wildman–Crippen LogP) is -0.332. The maximum atomic E-state index is 13.4. The number of hydrogen-bond donors (Lipinski definition) is 2. The monoisotopic (exact) mass is 448 g/mol. The van der Waals surface area contributed by atoms with Crippen LogP contribution in [0, 0.1) is 5.41 Å². The molecular weight excluding hydrogens is 428 g/mol. The largest absolute Gasteiger partial charge is 0.329 e. The van der Waals surface area contributed by atoms with E-state index in [1.807, 2.05) is 0 Å². The molecule has 3 aliphatic rings. The van der Waals surface area contributed by atoms with E-state index in [0.29, 0.717) is 0 Å². The number of hydrazine groups is 1. The van der Waals surface area contributed by atoms with Crippen LogP contribution in [0.4, 0.5) is 0 Å². The maximum absolute atomic E-state index is 13.4. The zero-order chi connectivity index (χ0) is 21.3. The number of hydrogen-bond acceptors (Lipinski definition) is 7. The fourth-order valence-electron chi connectivity index (χ4n) is 3.62. The van der Waals surface area contributed by atoms with Gasteiger partial charge in [-0.2, -0.15) is 5.01 Å². The molecule has 0 aromatic heterocycles. The van der Waals surface area contributed by atoms with Crippen LogP contribution >= 0.6 is 23.8 Å². The first-order valence-corrected chi connectivity index (χ1v) is 11.0. The van der Waals surface area contributed by atoms with Gasteiger partial charge in [-0.3, -0.25) is 19.8 Å². The Kier molecular flexibility index (Phi) is 4.89. The van der Waals surface area contributed by atoms with Gasteiger partial charge in [-0.05, 0) is 12.5 Å². The van der Waals surface area contributed by atoms with Crippen molar-refractivity contribution in [3.05, 3.63) is 11.3 Å². The molecular formula is C16H21ClN4O5S2. The number of ketones is 1. The standard InChI is InChI=1S/C16H21ClN4O5S2/c1-6-8(10(22)16(2,3)4)21-14(27)7(17)15(21)28(25,26)9(6)11-18-12(23)13(24)19-20(11)5/h7,9,11,15H,1-5H3,(H,18,23)(H,19,24)/t7-,9?,11?,15+/m0/s1. The summed E-state index contributed by atoms with van der Waals surface area (Å²) in [6.07, 6.45) is -1.10. The zero-order valence-corrected chi connectivity index (χ0v) is 18.3. The highest BCUT2D eigenvalue weighted by Gasteiger charge is 2.62. The number of thiocarbonyl (C=S) groups is 1. The second kappa shape index (κ2) is 6.48. The first kappa shape index (κ1) is 21.2. The Hall–Kier alpha value is -1.56. The molecule has 2 fully saturated rings. The van der Waals surface area contributed by atoms with Crippen molar-refractivity contribution in [2.45, 2.75) is 49.9 Å². The predicted molar refractivity (Wildman–Crippen MR) is 106 cm³/mol. The Labute approximate surface area is 173 Å². The number of alkyl halides is 1. The Balaban J connectivity index is 2.20. The van der Waals surface area contributed by atoms with E-state index < -0.39 is 49.2 Å². The van der Waals surface area contributed by atoms with E-state index in [-0.39, 0.29) is 22.0 Å². The summed E-state index contributed by atoms with van der Waals surface area (Å²) in [6, 6.07) is 0. The Morgan fingerprint density at radius 2 is 1.79 bits per heavy atom. The minimum atomic E-state index is -3.99. The summed E-state index contributed by atoms with van der Waals surface area (Å²) in [6.45, 7) is 6.69. The molecule has 0 spiro atoms. The highest BCUT2D eigenvalue weighted by molar-refractivity contribution is 7.93. The number of carbonyl (C=O) groups excluding carboxylic acids is 3. The van der Waals surface area contributed by atoms with Gasteiger partial charge in [0.2, 0.25) is 0 Å². The Morgan fingerprint density at radius 1 is 1.21 bits per heavy atom. The molecule has 3 aliphatic heterocycles. The van der Waals surface area contributed by atoms with E-state index in [1.54, 1.807) is 20.8 Å². The number of fused-ring (bicyclic) bond motifs is 1. The number of amides is 2. The number of rotatable bonds is 2. The first-order valence-electron chi connectivity index (χ1n) is 8.51. The smallest absolute Gasteiger partial charge is 0.323 e. The summed E-state index contributed by atoms with van der Waals surface area (Å²) in [5, 5.41) is 0.171. The van der Waals surface area contributed by atoms with Crippen LogP contribution in [-0.2, 0) is 24.2 Å². The van der Waals surface area contributed by atoms with Crippen molar-refractivity contribution in [3.8, 4) is 0 Å². The molecule has 4 atom stereocenters. The van der Waals surface area contributed by atoms with Crippen molar-refractivity contribution in [2.75, 3.05) is 7.05 Å². The number of halogens is 1. The van der Waals surface area contributed by atoms with E-state index in [0.717, 1.165) is 0 Å².